The Kier molecular flexibility index (Phi) is 4.18. The third kappa shape index (κ3) is 2.97. The van der Waals surface area contributed by atoms with Crippen LogP contribution in [0.1, 0.15) is 5.56 Å². The van der Waals surface area contributed by atoms with Crippen LogP contribution in [0.5, 0.6) is 0 Å². The molecule has 1 heterocycles. The first-order chi connectivity index (χ1) is 6.25. The van der Waals surface area contributed by atoms with Crippen LogP contribution < -0.4 is 10.6 Å². The number of pyridine rings is 1. The molecule has 0 saturated carbocycles. The largest absolute Gasteiger partial charge is 0.368 e. The maximum atomic E-state index is 4.23. The zero-order valence-electron chi connectivity index (χ0n) is 7.89. The van der Waals surface area contributed by atoms with Crippen LogP contribution >= 0.6 is 15.9 Å². The molecule has 4 heteroatoms. The molecule has 2 N–H and O–H groups in total. The van der Waals surface area contributed by atoms with Gasteiger partial charge >= 0.3 is 0 Å². The number of likely N-dealkylation sites (N-methyl/N-ethyl adjacent to an activating group) is 1. The summed E-state index contributed by atoms with van der Waals surface area (Å²) in [6.45, 7) is 3.86. The molecule has 0 bridgehead atoms. The molecule has 1 rings (SSSR count). The molecule has 0 aliphatic rings. The van der Waals surface area contributed by atoms with Crippen LogP contribution in [0.25, 0.3) is 0 Å². The fourth-order valence-corrected chi connectivity index (χ4v) is 1.34. The number of hydrogen-bond acceptors (Lipinski definition) is 3. The first-order valence-corrected chi connectivity index (χ1v) is 5.04. The molecule has 72 valence electrons. The molecule has 0 fully saturated rings. The second-order valence-corrected chi connectivity index (χ2v) is 3.61. The van der Waals surface area contributed by atoms with E-state index in [2.05, 4.69) is 38.5 Å². The van der Waals surface area contributed by atoms with E-state index in [1.54, 1.807) is 0 Å². The minimum Gasteiger partial charge on any atom is -0.368 e. The van der Waals surface area contributed by atoms with Gasteiger partial charge < -0.3 is 10.6 Å². The third-order valence-corrected chi connectivity index (χ3v) is 2.75. The van der Waals surface area contributed by atoms with Crippen LogP contribution in [0.3, 0.4) is 0 Å². The Labute approximate surface area is 87.1 Å². The summed E-state index contributed by atoms with van der Waals surface area (Å²) < 4.78 is 1.05. The molecular formula is C9H14BrN3. The second-order valence-electron chi connectivity index (χ2n) is 2.82. The molecule has 0 unspecified atom stereocenters. The number of nitrogens with zero attached hydrogens (tertiary/aromatic N) is 1. The number of hydrogen-bond donors (Lipinski definition) is 2. The van der Waals surface area contributed by atoms with Crippen LogP contribution in [0, 0.1) is 6.92 Å². The zero-order chi connectivity index (χ0) is 9.68. The van der Waals surface area contributed by atoms with Gasteiger partial charge in [0.25, 0.3) is 0 Å². The summed E-state index contributed by atoms with van der Waals surface area (Å²) >= 11 is 3.49. The lowest BCUT2D eigenvalue weighted by molar-refractivity contribution is 0.820. The smallest absolute Gasteiger partial charge is 0.140 e. The van der Waals surface area contributed by atoms with Crippen molar-refractivity contribution in [3.63, 3.8) is 0 Å². The molecule has 0 aliphatic carbocycles. The summed E-state index contributed by atoms with van der Waals surface area (Å²) in [5.41, 5.74) is 1.20. The van der Waals surface area contributed by atoms with Crippen LogP contribution in [0.15, 0.2) is 16.7 Å². The number of nitrogens with one attached hydrogen (secondary N) is 2. The van der Waals surface area contributed by atoms with Crippen molar-refractivity contribution in [1.29, 1.82) is 0 Å². The summed E-state index contributed by atoms with van der Waals surface area (Å²) in [4.78, 5) is 4.23. The van der Waals surface area contributed by atoms with E-state index >= 15 is 0 Å². The summed E-state index contributed by atoms with van der Waals surface area (Å²) in [6, 6.07) is 1.98. The first-order valence-electron chi connectivity index (χ1n) is 4.25. The van der Waals surface area contributed by atoms with Crippen molar-refractivity contribution in [3.8, 4) is 0 Å². The van der Waals surface area contributed by atoms with Crippen molar-refractivity contribution in [2.45, 2.75) is 6.92 Å². The van der Waals surface area contributed by atoms with Gasteiger partial charge in [0.15, 0.2) is 0 Å². The Morgan fingerprint density at radius 1 is 1.46 bits per heavy atom. The predicted octanol–water partition coefficient (Wildman–Crippen LogP) is 1.78. The maximum absolute atomic E-state index is 4.23. The number of rotatable bonds is 4. The first kappa shape index (κ1) is 10.5. The molecular weight excluding hydrogens is 230 g/mol. The van der Waals surface area contributed by atoms with E-state index in [0.717, 1.165) is 23.4 Å². The Morgan fingerprint density at radius 2 is 2.23 bits per heavy atom. The van der Waals surface area contributed by atoms with Crippen molar-refractivity contribution >= 4 is 21.7 Å². The van der Waals surface area contributed by atoms with Gasteiger partial charge in [-0.1, -0.05) is 0 Å². The molecule has 0 aliphatic heterocycles. The molecule has 0 radical (unpaired) electrons. The summed E-state index contributed by atoms with van der Waals surface area (Å²) in [5.74, 6) is 0.912. The monoisotopic (exact) mass is 243 g/mol. The molecule has 13 heavy (non-hydrogen) atoms. The fourth-order valence-electron chi connectivity index (χ4n) is 0.969. The molecule has 0 spiro atoms. The predicted molar refractivity (Wildman–Crippen MR) is 59.1 cm³/mol. The van der Waals surface area contributed by atoms with Gasteiger partial charge in [0.2, 0.25) is 0 Å². The van der Waals surface area contributed by atoms with Crippen LogP contribution in [0.4, 0.5) is 5.82 Å². The average Bonchev–Trinajstić information content (AvgIpc) is 2.13. The molecule has 0 atom stereocenters. The highest BCUT2D eigenvalue weighted by molar-refractivity contribution is 9.10. The number of halogens is 1. The lowest BCUT2D eigenvalue weighted by Gasteiger charge is -2.08. The number of aryl methyl sites for hydroxylation is 1. The summed E-state index contributed by atoms with van der Waals surface area (Å²) in [6.07, 6.45) is 1.81. The number of aromatic nitrogens is 1. The van der Waals surface area contributed by atoms with E-state index < -0.39 is 0 Å². The van der Waals surface area contributed by atoms with Crippen LogP contribution in [-0.4, -0.2) is 25.1 Å². The van der Waals surface area contributed by atoms with E-state index in [-0.39, 0.29) is 0 Å². The molecule has 3 nitrogen and oxygen atoms in total. The van der Waals surface area contributed by atoms with Crippen molar-refractivity contribution < 1.29 is 0 Å². The quantitative estimate of drug-likeness (QED) is 0.793. The van der Waals surface area contributed by atoms with E-state index in [1.165, 1.54) is 5.56 Å². The minimum absolute atomic E-state index is 0.881. The summed E-state index contributed by atoms with van der Waals surface area (Å²) in [7, 11) is 1.93. The van der Waals surface area contributed by atoms with E-state index in [9.17, 15) is 0 Å². The van der Waals surface area contributed by atoms with Gasteiger partial charge in [0.1, 0.15) is 5.82 Å². The summed E-state index contributed by atoms with van der Waals surface area (Å²) in [5, 5.41) is 6.30. The SMILES string of the molecule is CNCCNc1nccc(C)c1Br. The van der Waals surface area contributed by atoms with Gasteiger partial charge in [-0.15, -0.1) is 0 Å². The molecule has 0 amide bonds. The Morgan fingerprint density at radius 3 is 2.92 bits per heavy atom. The van der Waals surface area contributed by atoms with Gasteiger partial charge in [-0.25, -0.2) is 4.98 Å². The normalized spacial score (nSPS) is 10.1. The van der Waals surface area contributed by atoms with Gasteiger partial charge in [-0.2, -0.15) is 0 Å². The molecule has 0 saturated heterocycles. The fraction of sp³-hybridized carbons (Fsp3) is 0.444. The highest BCUT2D eigenvalue weighted by Gasteiger charge is 2.01. The number of anilines is 1. The van der Waals surface area contributed by atoms with E-state index in [0.29, 0.717) is 0 Å². The third-order valence-electron chi connectivity index (χ3n) is 1.75. The van der Waals surface area contributed by atoms with Gasteiger partial charge in [-0.3, -0.25) is 0 Å². The van der Waals surface area contributed by atoms with E-state index in [1.807, 2.05) is 19.3 Å². The van der Waals surface area contributed by atoms with Crippen LogP contribution in [0.2, 0.25) is 0 Å². The standard InChI is InChI=1S/C9H14BrN3/c1-7-3-4-12-9(8(7)10)13-6-5-11-2/h3-4,11H,5-6H2,1-2H3,(H,12,13). The van der Waals surface area contributed by atoms with Gasteiger partial charge in [-0.05, 0) is 41.5 Å². The lowest BCUT2D eigenvalue weighted by Crippen LogP contribution is -2.18. The topological polar surface area (TPSA) is 37.0 Å². The minimum atomic E-state index is 0.881. The maximum Gasteiger partial charge on any atom is 0.140 e. The molecule has 0 aromatic carbocycles. The molecule has 1 aromatic rings. The van der Waals surface area contributed by atoms with Crippen LogP contribution in [-0.2, 0) is 0 Å². The Hall–Kier alpha value is -0.610. The second kappa shape index (κ2) is 5.19. The van der Waals surface area contributed by atoms with Crippen molar-refractivity contribution in [1.82, 2.24) is 10.3 Å². The lowest BCUT2D eigenvalue weighted by atomic mass is 10.3. The van der Waals surface area contributed by atoms with Crippen molar-refractivity contribution in [2.24, 2.45) is 0 Å². The average molecular weight is 244 g/mol. The highest BCUT2D eigenvalue weighted by atomic mass is 79.9. The zero-order valence-corrected chi connectivity index (χ0v) is 9.48. The van der Waals surface area contributed by atoms with Gasteiger partial charge in [0, 0.05) is 19.3 Å². The Bertz CT molecular complexity index is 276. The van der Waals surface area contributed by atoms with Crippen molar-refractivity contribution in [2.75, 3.05) is 25.5 Å². The van der Waals surface area contributed by atoms with Crippen molar-refractivity contribution in [3.05, 3.63) is 22.3 Å². The Balaban J connectivity index is 2.61. The molecule has 1 aromatic heterocycles. The highest BCUT2D eigenvalue weighted by Crippen LogP contribution is 2.22. The van der Waals surface area contributed by atoms with Gasteiger partial charge in [0.05, 0.1) is 4.47 Å². The van der Waals surface area contributed by atoms with E-state index in [4.69, 9.17) is 0 Å².